The van der Waals surface area contributed by atoms with E-state index in [0.29, 0.717) is 45.0 Å². The third-order valence-corrected chi connectivity index (χ3v) is 8.37. The van der Waals surface area contributed by atoms with E-state index in [9.17, 15) is 39.6 Å². The van der Waals surface area contributed by atoms with Gasteiger partial charge in [0.15, 0.2) is 0 Å². The van der Waals surface area contributed by atoms with Crippen LogP contribution >= 0.6 is 0 Å². The van der Waals surface area contributed by atoms with Gasteiger partial charge in [-0.15, -0.1) is 0 Å². The number of aryl methyl sites for hydroxylation is 3. The Morgan fingerprint density at radius 1 is 0.587 bits per heavy atom. The minimum atomic E-state index is -1.13. The molecule has 12 nitrogen and oxygen atoms in total. The number of hydrogen-bond donors (Lipinski definition) is 6. The first kappa shape index (κ1) is 31.9. The van der Waals surface area contributed by atoms with Crippen LogP contribution in [0, 0.1) is 13.8 Å². The standard InChI is InChI=1S/C34H34N4O8/c1-16-10-19-11-25-17(2)20(4-7-31(39)40)28(36-25)15-30-23(12-34(45)46)22(6-9-33(43)44)29(38-30)14-27-21(5-8-32(41)42)18(3)26(37-27)13-24(16)35-19/h10-11,13-15,35,37H,4-9,12H2,1-3H3,(H,39,40)(H,41,42)(H,43,44)(H,45,46). The molecule has 0 radical (unpaired) electrons. The van der Waals surface area contributed by atoms with Crippen LogP contribution in [-0.4, -0.2) is 64.2 Å². The van der Waals surface area contributed by atoms with Gasteiger partial charge in [-0.3, -0.25) is 19.2 Å². The summed E-state index contributed by atoms with van der Waals surface area (Å²) in [5.41, 5.74) is 9.46. The molecule has 12 heteroatoms. The second-order valence-corrected chi connectivity index (χ2v) is 11.5. The smallest absolute Gasteiger partial charge is 0.307 e. The first-order valence-electron chi connectivity index (χ1n) is 14.8. The number of aromatic nitrogens is 4. The summed E-state index contributed by atoms with van der Waals surface area (Å²) < 4.78 is 0. The molecule has 0 atom stereocenters. The Balaban J connectivity index is 1.91. The van der Waals surface area contributed by atoms with Crippen molar-refractivity contribution in [3.8, 4) is 0 Å². The highest BCUT2D eigenvalue weighted by molar-refractivity contribution is 6.00. The number of aliphatic carboxylic acids is 4. The van der Waals surface area contributed by atoms with Crippen molar-refractivity contribution in [2.45, 2.75) is 65.7 Å². The summed E-state index contributed by atoms with van der Waals surface area (Å²) in [5, 5.41) is 38.3. The normalized spacial score (nSPS) is 12.9. The number of carboxylic acids is 4. The first-order valence-corrected chi connectivity index (χ1v) is 14.8. The van der Waals surface area contributed by atoms with E-state index in [-0.39, 0.29) is 38.5 Å². The van der Waals surface area contributed by atoms with Gasteiger partial charge >= 0.3 is 23.9 Å². The molecule has 2 aliphatic rings. The molecule has 6 N–H and O–H groups in total. The quantitative estimate of drug-likeness (QED) is 0.146. The average Bonchev–Trinajstić information content (AvgIpc) is 3.64. The molecule has 0 saturated heterocycles. The van der Waals surface area contributed by atoms with E-state index < -0.39 is 30.3 Å². The van der Waals surface area contributed by atoms with Crippen LogP contribution in [0.25, 0.3) is 44.4 Å². The minimum Gasteiger partial charge on any atom is -0.481 e. The average molecular weight is 627 g/mol. The van der Waals surface area contributed by atoms with E-state index >= 15 is 0 Å². The molecule has 8 bridgehead atoms. The van der Waals surface area contributed by atoms with Gasteiger partial charge in [-0.25, -0.2) is 9.97 Å². The SMILES string of the molecule is CC1=C(CCC(=O)O)c2cc3nc(cc4[nH]c(cc5[nH]c(cc1n2)cc5C)c(C)c4CCC(=O)O)C(CCC(=O)O)=C3CC(=O)O. The predicted molar refractivity (Wildman–Crippen MR) is 172 cm³/mol. The van der Waals surface area contributed by atoms with Gasteiger partial charge in [0, 0.05) is 41.3 Å². The van der Waals surface area contributed by atoms with E-state index in [1.807, 2.05) is 39.0 Å². The molecule has 0 unspecified atom stereocenters. The highest BCUT2D eigenvalue weighted by Gasteiger charge is 2.25. The van der Waals surface area contributed by atoms with Gasteiger partial charge < -0.3 is 30.4 Å². The molecule has 2 aliphatic heterocycles. The van der Waals surface area contributed by atoms with Crippen LogP contribution in [0.5, 0.6) is 0 Å². The molecule has 0 aliphatic carbocycles. The summed E-state index contributed by atoms with van der Waals surface area (Å²) >= 11 is 0. The summed E-state index contributed by atoms with van der Waals surface area (Å²) in [7, 11) is 0. The fourth-order valence-electron chi connectivity index (χ4n) is 5.99. The lowest BCUT2D eigenvalue weighted by molar-refractivity contribution is -0.137. The number of carboxylic acid groups (broad SMARTS) is 4. The molecule has 5 rings (SSSR count). The van der Waals surface area contributed by atoms with Gasteiger partial charge in [0.25, 0.3) is 0 Å². The molecule has 0 amide bonds. The zero-order valence-electron chi connectivity index (χ0n) is 25.7. The lowest BCUT2D eigenvalue weighted by atomic mass is 9.96. The van der Waals surface area contributed by atoms with E-state index in [1.54, 1.807) is 12.1 Å². The van der Waals surface area contributed by atoms with Gasteiger partial charge in [0.1, 0.15) is 0 Å². The third kappa shape index (κ3) is 6.75. The third-order valence-electron chi connectivity index (χ3n) is 8.37. The highest BCUT2D eigenvalue weighted by Crippen LogP contribution is 2.39. The van der Waals surface area contributed by atoms with Gasteiger partial charge in [-0.2, -0.15) is 0 Å². The largest absolute Gasteiger partial charge is 0.481 e. The molecule has 0 aromatic carbocycles. The predicted octanol–water partition coefficient (Wildman–Crippen LogP) is 5.99. The van der Waals surface area contributed by atoms with Crippen LogP contribution < -0.4 is 0 Å². The number of aromatic amines is 2. The minimum absolute atomic E-state index is 0.0102. The Morgan fingerprint density at radius 2 is 1.17 bits per heavy atom. The maximum atomic E-state index is 12.1. The van der Waals surface area contributed by atoms with Crippen molar-refractivity contribution < 1.29 is 39.6 Å². The number of fused-ring (bicyclic) bond motifs is 8. The van der Waals surface area contributed by atoms with E-state index in [2.05, 4.69) is 9.97 Å². The first-order chi connectivity index (χ1) is 21.8. The van der Waals surface area contributed by atoms with Crippen LogP contribution in [0.3, 0.4) is 0 Å². The van der Waals surface area contributed by atoms with Crippen molar-refractivity contribution in [2.75, 3.05) is 0 Å². The van der Waals surface area contributed by atoms with Crippen LogP contribution in [0.15, 0.2) is 30.3 Å². The van der Waals surface area contributed by atoms with Crippen molar-refractivity contribution in [3.63, 3.8) is 0 Å². The molecule has 0 fully saturated rings. The van der Waals surface area contributed by atoms with E-state index in [1.165, 1.54) is 0 Å². The summed E-state index contributed by atoms with van der Waals surface area (Å²) in [4.78, 5) is 63.2. The molecular formula is C34H34N4O8. The monoisotopic (exact) mass is 626 g/mol. The van der Waals surface area contributed by atoms with Crippen molar-refractivity contribution >= 4 is 68.2 Å². The number of carbonyl (C=O) groups is 4. The summed E-state index contributed by atoms with van der Waals surface area (Å²) in [5.74, 6) is -4.12. The Labute approximate surface area is 263 Å². The number of nitrogens with one attached hydrogen (secondary N) is 2. The van der Waals surface area contributed by atoms with Gasteiger partial charge in [-0.05, 0) is 109 Å². The Morgan fingerprint density at radius 3 is 1.83 bits per heavy atom. The van der Waals surface area contributed by atoms with Gasteiger partial charge in [0.05, 0.1) is 29.2 Å². The summed E-state index contributed by atoms with van der Waals surface area (Å²) in [6.45, 7) is 5.72. The van der Waals surface area contributed by atoms with Crippen molar-refractivity contribution in [1.82, 2.24) is 19.9 Å². The van der Waals surface area contributed by atoms with Crippen LogP contribution in [-0.2, 0) is 25.6 Å². The number of H-pyrrole nitrogens is 2. The maximum Gasteiger partial charge on any atom is 0.307 e. The van der Waals surface area contributed by atoms with Crippen molar-refractivity contribution in [1.29, 1.82) is 0 Å². The summed E-state index contributed by atoms with van der Waals surface area (Å²) in [6, 6.07) is 9.13. The lowest BCUT2D eigenvalue weighted by Crippen LogP contribution is -2.00. The topological polar surface area (TPSA) is 207 Å². The molecule has 0 saturated carbocycles. The second kappa shape index (κ2) is 12.8. The Hall–Kier alpha value is -5.52. The molecule has 3 aromatic rings. The van der Waals surface area contributed by atoms with Gasteiger partial charge in [0.2, 0.25) is 0 Å². The van der Waals surface area contributed by atoms with Crippen LogP contribution in [0.2, 0.25) is 0 Å². The molecule has 0 spiro atoms. The molecule has 46 heavy (non-hydrogen) atoms. The molecule has 3 aromatic heterocycles. The fourth-order valence-corrected chi connectivity index (χ4v) is 5.99. The fraction of sp³-hybridized carbons (Fsp3) is 0.294. The maximum absolute atomic E-state index is 12.1. The zero-order chi connectivity index (χ0) is 33.3. The number of hydrogen-bond acceptors (Lipinski definition) is 6. The zero-order valence-corrected chi connectivity index (χ0v) is 25.7. The Bertz CT molecular complexity index is 2030. The van der Waals surface area contributed by atoms with E-state index in [0.717, 1.165) is 38.8 Å². The van der Waals surface area contributed by atoms with Crippen molar-refractivity contribution in [3.05, 3.63) is 69.8 Å². The van der Waals surface area contributed by atoms with Gasteiger partial charge in [-0.1, -0.05) is 0 Å². The Kier molecular flexibility index (Phi) is 8.90. The molecule has 5 heterocycles. The van der Waals surface area contributed by atoms with Crippen molar-refractivity contribution in [2.24, 2.45) is 0 Å². The van der Waals surface area contributed by atoms with E-state index in [4.69, 9.17) is 9.97 Å². The second-order valence-electron chi connectivity index (χ2n) is 11.5. The van der Waals surface area contributed by atoms with Crippen LogP contribution in [0.1, 0.15) is 84.9 Å². The molecule has 238 valence electrons. The highest BCUT2D eigenvalue weighted by atomic mass is 16.4. The number of allylic oxidation sites excluding steroid dienone is 3. The van der Waals surface area contributed by atoms with Crippen LogP contribution in [0.4, 0.5) is 0 Å². The summed E-state index contributed by atoms with van der Waals surface area (Å²) in [6.07, 6.45) is -0.531. The molecular weight excluding hydrogens is 592 g/mol. The number of rotatable bonds is 11. The number of nitrogens with zero attached hydrogens (tertiary/aromatic N) is 2. The lowest BCUT2D eigenvalue weighted by Gasteiger charge is -2.06.